The first-order valence-electron chi connectivity index (χ1n) is 10.8. The maximum atomic E-state index is 13.1. The summed E-state index contributed by atoms with van der Waals surface area (Å²) in [5.74, 6) is 1.59. The largest absolute Gasteiger partial charge is 0.494 e. The average molecular weight is 440 g/mol. The van der Waals surface area contributed by atoms with Gasteiger partial charge in [0.05, 0.1) is 13.2 Å². The number of hydrogen-bond donors (Lipinski definition) is 0. The fourth-order valence-electron chi connectivity index (χ4n) is 3.33. The van der Waals surface area contributed by atoms with Crippen LogP contribution in [0.4, 0.5) is 0 Å². The first kappa shape index (κ1) is 21.4. The lowest BCUT2D eigenvalue weighted by molar-refractivity contribution is 0.0714. The van der Waals surface area contributed by atoms with Gasteiger partial charge < -0.3 is 14.1 Å². The van der Waals surface area contributed by atoms with Gasteiger partial charge in [0.1, 0.15) is 5.75 Å². The summed E-state index contributed by atoms with van der Waals surface area (Å²) in [6.45, 7) is 3.15. The molecule has 162 valence electrons. The van der Waals surface area contributed by atoms with Crippen molar-refractivity contribution < 1.29 is 13.9 Å². The van der Waals surface area contributed by atoms with Crippen LogP contribution >= 0.6 is 11.6 Å². The number of carbonyl (C=O) groups excluding carboxylic acids is 1. The molecule has 1 saturated carbocycles. The lowest BCUT2D eigenvalue weighted by Crippen LogP contribution is -2.32. The van der Waals surface area contributed by atoms with Crippen LogP contribution in [0.5, 0.6) is 5.75 Å². The van der Waals surface area contributed by atoms with Crippen LogP contribution in [-0.4, -0.2) is 33.7 Å². The molecule has 6 nitrogen and oxygen atoms in total. The second kappa shape index (κ2) is 9.96. The molecule has 0 atom stereocenters. The molecule has 0 N–H and O–H groups in total. The molecule has 0 saturated heterocycles. The molecule has 2 aromatic carbocycles. The number of amides is 1. The van der Waals surface area contributed by atoms with Crippen molar-refractivity contribution in [2.24, 2.45) is 0 Å². The quantitative estimate of drug-likeness (QED) is 0.375. The van der Waals surface area contributed by atoms with Crippen molar-refractivity contribution in [2.75, 3.05) is 6.61 Å². The second-order valence-corrected chi connectivity index (χ2v) is 8.19. The topological polar surface area (TPSA) is 68.5 Å². The average Bonchev–Trinajstić information content (AvgIpc) is 3.53. The summed E-state index contributed by atoms with van der Waals surface area (Å²) in [5, 5.41) is 8.91. The monoisotopic (exact) mass is 439 g/mol. The highest BCUT2D eigenvalue weighted by atomic mass is 35.5. The van der Waals surface area contributed by atoms with Crippen molar-refractivity contribution in [3.63, 3.8) is 0 Å². The van der Waals surface area contributed by atoms with E-state index in [9.17, 15) is 4.79 Å². The van der Waals surface area contributed by atoms with E-state index in [1.54, 1.807) is 12.1 Å². The number of hydrogen-bond acceptors (Lipinski definition) is 5. The summed E-state index contributed by atoms with van der Waals surface area (Å²) < 4.78 is 11.6. The van der Waals surface area contributed by atoms with Crippen LogP contribution in [-0.2, 0) is 6.54 Å². The van der Waals surface area contributed by atoms with Crippen molar-refractivity contribution in [3.05, 3.63) is 65.0 Å². The van der Waals surface area contributed by atoms with Crippen LogP contribution in [0, 0.1) is 0 Å². The first-order chi connectivity index (χ1) is 15.1. The normalized spacial score (nSPS) is 13.2. The summed E-state index contributed by atoms with van der Waals surface area (Å²) in [5.41, 5.74) is 1.42. The fraction of sp³-hybridized carbons (Fsp3) is 0.375. The highest BCUT2D eigenvalue weighted by molar-refractivity contribution is 6.30. The van der Waals surface area contributed by atoms with Gasteiger partial charge in [-0.05, 0) is 67.8 Å². The van der Waals surface area contributed by atoms with Crippen LogP contribution in [0.1, 0.15) is 55.3 Å². The van der Waals surface area contributed by atoms with Crippen molar-refractivity contribution >= 4 is 17.5 Å². The van der Waals surface area contributed by atoms with Crippen LogP contribution in [0.2, 0.25) is 5.02 Å². The Bertz CT molecular complexity index is 998. The summed E-state index contributed by atoms with van der Waals surface area (Å²) >= 11 is 5.94. The number of rotatable bonds is 10. The number of ether oxygens (including phenoxy) is 1. The van der Waals surface area contributed by atoms with Gasteiger partial charge in [0.2, 0.25) is 11.8 Å². The Balaban J connectivity index is 1.41. The molecule has 0 radical (unpaired) electrons. The lowest BCUT2D eigenvalue weighted by atomic mass is 10.2. The molecule has 1 fully saturated rings. The molecule has 4 rings (SSSR count). The minimum absolute atomic E-state index is 0.0359. The molecule has 7 heteroatoms. The summed E-state index contributed by atoms with van der Waals surface area (Å²) in [6, 6.07) is 14.8. The van der Waals surface area contributed by atoms with Crippen LogP contribution in [0.3, 0.4) is 0 Å². The van der Waals surface area contributed by atoms with Crippen molar-refractivity contribution in [2.45, 2.75) is 51.6 Å². The SMILES string of the molecule is CCCCCOc1ccc(C(=O)N(Cc2nnc(-c3ccc(Cl)cc3)o2)C2CC2)cc1. The molecule has 1 heterocycles. The van der Waals surface area contributed by atoms with Gasteiger partial charge in [-0.1, -0.05) is 31.4 Å². The van der Waals surface area contributed by atoms with E-state index in [2.05, 4.69) is 17.1 Å². The number of carbonyl (C=O) groups is 1. The van der Waals surface area contributed by atoms with Crippen LogP contribution < -0.4 is 4.74 Å². The summed E-state index contributed by atoms with van der Waals surface area (Å²) in [7, 11) is 0. The molecule has 3 aromatic rings. The lowest BCUT2D eigenvalue weighted by Gasteiger charge is -2.20. The van der Waals surface area contributed by atoms with E-state index in [0.29, 0.717) is 35.5 Å². The Kier molecular flexibility index (Phi) is 6.87. The molecule has 1 aromatic heterocycles. The third kappa shape index (κ3) is 5.64. The Hall–Kier alpha value is -2.86. The smallest absolute Gasteiger partial charge is 0.254 e. The maximum absolute atomic E-state index is 13.1. The minimum Gasteiger partial charge on any atom is -0.494 e. The van der Waals surface area contributed by atoms with E-state index in [1.165, 1.54) is 0 Å². The zero-order chi connectivity index (χ0) is 21.6. The van der Waals surface area contributed by atoms with Crippen molar-refractivity contribution in [3.8, 4) is 17.2 Å². The number of nitrogens with zero attached hydrogens (tertiary/aromatic N) is 3. The van der Waals surface area contributed by atoms with E-state index in [0.717, 1.165) is 43.4 Å². The first-order valence-corrected chi connectivity index (χ1v) is 11.1. The molecular weight excluding hydrogens is 414 g/mol. The molecule has 0 unspecified atom stereocenters. The van der Waals surface area contributed by atoms with Crippen molar-refractivity contribution in [1.82, 2.24) is 15.1 Å². The molecule has 0 bridgehead atoms. The predicted molar refractivity (Wildman–Crippen MR) is 119 cm³/mol. The van der Waals surface area contributed by atoms with Gasteiger partial charge in [-0.3, -0.25) is 4.79 Å². The van der Waals surface area contributed by atoms with E-state index < -0.39 is 0 Å². The summed E-state index contributed by atoms with van der Waals surface area (Å²) in [6.07, 6.45) is 5.33. The Morgan fingerprint density at radius 3 is 2.52 bits per heavy atom. The minimum atomic E-state index is -0.0359. The molecule has 0 spiro atoms. The molecule has 31 heavy (non-hydrogen) atoms. The highest BCUT2D eigenvalue weighted by Gasteiger charge is 2.34. The Morgan fingerprint density at radius 2 is 1.84 bits per heavy atom. The Morgan fingerprint density at radius 1 is 1.10 bits per heavy atom. The second-order valence-electron chi connectivity index (χ2n) is 7.75. The Labute approximate surface area is 187 Å². The maximum Gasteiger partial charge on any atom is 0.254 e. The summed E-state index contributed by atoms with van der Waals surface area (Å²) in [4.78, 5) is 15.0. The predicted octanol–water partition coefficient (Wildman–Crippen LogP) is 5.76. The van der Waals surface area contributed by atoms with Gasteiger partial charge >= 0.3 is 0 Å². The van der Waals surface area contributed by atoms with Crippen LogP contribution in [0.15, 0.2) is 52.9 Å². The van der Waals surface area contributed by atoms with Gasteiger partial charge in [-0.25, -0.2) is 0 Å². The van der Waals surface area contributed by atoms with Gasteiger partial charge in [0.25, 0.3) is 5.91 Å². The van der Waals surface area contributed by atoms with Gasteiger partial charge in [-0.15, -0.1) is 10.2 Å². The molecule has 1 aliphatic rings. The van der Waals surface area contributed by atoms with E-state index in [1.807, 2.05) is 41.3 Å². The number of unbranched alkanes of at least 4 members (excludes halogenated alkanes) is 2. The van der Waals surface area contributed by atoms with Gasteiger partial charge in [0, 0.05) is 22.2 Å². The van der Waals surface area contributed by atoms with Crippen molar-refractivity contribution in [1.29, 1.82) is 0 Å². The molecular formula is C24H26ClN3O3. The fourth-order valence-corrected chi connectivity index (χ4v) is 3.45. The molecule has 1 aliphatic carbocycles. The van der Waals surface area contributed by atoms with Crippen LogP contribution in [0.25, 0.3) is 11.5 Å². The highest BCUT2D eigenvalue weighted by Crippen LogP contribution is 2.30. The number of aromatic nitrogens is 2. The molecule has 1 amide bonds. The van der Waals surface area contributed by atoms with E-state index >= 15 is 0 Å². The zero-order valence-corrected chi connectivity index (χ0v) is 18.3. The number of benzene rings is 2. The third-order valence-corrected chi connectivity index (χ3v) is 5.48. The van der Waals surface area contributed by atoms with Gasteiger partial charge in [0.15, 0.2) is 0 Å². The van der Waals surface area contributed by atoms with E-state index in [-0.39, 0.29) is 11.9 Å². The molecule has 0 aliphatic heterocycles. The number of halogens is 1. The standard InChI is InChI=1S/C24H26ClN3O3/c1-2-3-4-15-30-21-13-7-18(8-14-21)24(29)28(20-11-12-20)16-22-26-27-23(31-22)17-5-9-19(25)10-6-17/h5-10,13-14,20H,2-4,11-12,15-16H2,1H3. The van der Waals surface area contributed by atoms with Gasteiger partial charge in [-0.2, -0.15) is 0 Å². The zero-order valence-electron chi connectivity index (χ0n) is 17.6. The van der Waals surface area contributed by atoms with E-state index in [4.69, 9.17) is 20.8 Å². The third-order valence-electron chi connectivity index (χ3n) is 5.23.